The van der Waals surface area contributed by atoms with Crippen molar-refractivity contribution in [2.24, 2.45) is 0 Å². The van der Waals surface area contributed by atoms with Crippen molar-refractivity contribution in [3.8, 4) is 0 Å². The van der Waals surface area contributed by atoms with Crippen LogP contribution in [0.25, 0.3) is 11.0 Å². The van der Waals surface area contributed by atoms with Crippen molar-refractivity contribution in [2.45, 2.75) is 25.0 Å². The molecule has 3 aromatic rings. The van der Waals surface area contributed by atoms with Gasteiger partial charge in [0, 0.05) is 12.2 Å². The second kappa shape index (κ2) is 6.33. The van der Waals surface area contributed by atoms with Crippen LogP contribution in [0.15, 0.2) is 35.6 Å². The molecule has 0 spiro atoms. The smallest absolute Gasteiger partial charge is 0.285 e. The Bertz CT molecular complexity index is 860. The molecule has 1 N–H and O–H groups in total. The molecule has 118 valence electrons. The Morgan fingerprint density at radius 3 is 2.83 bits per heavy atom. The molecule has 0 amide bonds. The third-order valence-corrected chi connectivity index (χ3v) is 3.71. The first kappa shape index (κ1) is 15.4. The summed E-state index contributed by atoms with van der Waals surface area (Å²) in [5, 5.41) is 11.8. The SMILES string of the molecule is CSc1ncc(C(=O)n2nnc3ccccc32)c(NC(C)C)n1. The van der Waals surface area contributed by atoms with E-state index in [1.165, 1.54) is 22.6 Å². The van der Waals surface area contributed by atoms with Crippen LogP contribution in [0.1, 0.15) is 24.2 Å². The lowest BCUT2D eigenvalue weighted by Gasteiger charge is -2.13. The molecule has 2 aromatic heterocycles. The Balaban J connectivity index is 2.08. The van der Waals surface area contributed by atoms with Gasteiger partial charge in [-0.15, -0.1) is 5.10 Å². The van der Waals surface area contributed by atoms with Gasteiger partial charge in [-0.05, 0) is 32.2 Å². The third kappa shape index (κ3) is 3.02. The number of benzene rings is 1. The molecule has 0 fully saturated rings. The fraction of sp³-hybridized carbons (Fsp3) is 0.267. The molecule has 1 aromatic carbocycles. The minimum absolute atomic E-state index is 0.138. The first-order chi connectivity index (χ1) is 11.1. The van der Waals surface area contributed by atoms with E-state index in [-0.39, 0.29) is 11.9 Å². The molecule has 0 atom stereocenters. The number of nitrogens with one attached hydrogen (secondary N) is 1. The molecule has 0 aliphatic rings. The lowest BCUT2D eigenvalue weighted by molar-refractivity contribution is 0.0948. The molecule has 3 rings (SSSR count). The molecule has 0 bridgehead atoms. The molecule has 2 heterocycles. The van der Waals surface area contributed by atoms with E-state index in [0.717, 1.165) is 0 Å². The van der Waals surface area contributed by atoms with E-state index in [1.54, 1.807) is 6.07 Å². The van der Waals surface area contributed by atoms with Gasteiger partial charge in [-0.2, -0.15) is 4.68 Å². The molecule has 7 nitrogen and oxygen atoms in total. The second-order valence-electron chi connectivity index (χ2n) is 5.21. The molecule has 23 heavy (non-hydrogen) atoms. The summed E-state index contributed by atoms with van der Waals surface area (Å²) in [6, 6.07) is 7.45. The van der Waals surface area contributed by atoms with E-state index in [4.69, 9.17) is 0 Å². The average molecular weight is 328 g/mol. The van der Waals surface area contributed by atoms with E-state index in [1.807, 2.05) is 38.3 Å². The number of anilines is 1. The van der Waals surface area contributed by atoms with Crippen LogP contribution in [0, 0.1) is 0 Å². The van der Waals surface area contributed by atoms with Gasteiger partial charge in [-0.3, -0.25) is 4.79 Å². The van der Waals surface area contributed by atoms with Crippen LogP contribution in [0.2, 0.25) is 0 Å². The van der Waals surface area contributed by atoms with Crippen molar-refractivity contribution in [1.29, 1.82) is 0 Å². The summed E-state index contributed by atoms with van der Waals surface area (Å²) < 4.78 is 1.28. The number of rotatable bonds is 4. The summed E-state index contributed by atoms with van der Waals surface area (Å²) >= 11 is 1.42. The lowest BCUT2D eigenvalue weighted by Crippen LogP contribution is -2.20. The number of carbonyl (C=O) groups is 1. The molecule has 0 radical (unpaired) electrons. The maximum atomic E-state index is 12.9. The van der Waals surface area contributed by atoms with E-state index in [9.17, 15) is 4.79 Å². The van der Waals surface area contributed by atoms with E-state index in [2.05, 4.69) is 25.6 Å². The van der Waals surface area contributed by atoms with Gasteiger partial charge in [0.05, 0.1) is 5.52 Å². The highest BCUT2D eigenvalue weighted by molar-refractivity contribution is 7.98. The molecule has 0 aliphatic carbocycles. The van der Waals surface area contributed by atoms with Crippen molar-refractivity contribution >= 4 is 34.5 Å². The molecular weight excluding hydrogens is 312 g/mol. The minimum atomic E-state index is -0.311. The number of thioether (sulfide) groups is 1. The van der Waals surface area contributed by atoms with Crippen LogP contribution in [-0.4, -0.2) is 43.2 Å². The van der Waals surface area contributed by atoms with E-state index < -0.39 is 0 Å². The quantitative estimate of drug-likeness (QED) is 0.581. The van der Waals surface area contributed by atoms with Crippen LogP contribution in [0.3, 0.4) is 0 Å². The van der Waals surface area contributed by atoms with Crippen LogP contribution in [-0.2, 0) is 0 Å². The Morgan fingerprint density at radius 2 is 2.09 bits per heavy atom. The highest BCUT2D eigenvalue weighted by Gasteiger charge is 2.20. The predicted molar refractivity (Wildman–Crippen MR) is 89.8 cm³/mol. The Hall–Kier alpha value is -2.48. The van der Waals surface area contributed by atoms with Crippen LogP contribution in [0.5, 0.6) is 0 Å². The third-order valence-electron chi connectivity index (χ3n) is 3.15. The number of hydrogen-bond acceptors (Lipinski definition) is 7. The summed E-state index contributed by atoms with van der Waals surface area (Å²) in [5.74, 6) is 0.193. The zero-order chi connectivity index (χ0) is 16.4. The molecule has 0 saturated carbocycles. The summed E-state index contributed by atoms with van der Waals surface area (Å²) in [4.78, 5) is 21.5. The minimum Gasteiger partial charge on any atom is -0.367 e. The Kier molecular flexibility index (Phi) is 4.24. The maximum absolute atomic E-state index is 12.9. The van der Waals surface area contributed by atoms with Gasteiger partial charge in [-0.25, -0.2) is 9.97 Å². The highest BCUT2D eigenvalue weighted by Crippen LogP contribution is 2.20. The van der Waals surface area contributed by atoms with Crippen LogP contribution < -0.4 is 5.32 Å². The van der Waals surface area contributed by atoms with Crippen LogP contribution >= 0.6 is 11.8 Å². The summed E-state index contributed by atoms with van der Waals surface area (Å²) in [6.07, 6.45) is 3.42. The highest BCUT2D eigenvalue weighted by atomic mass is 32.2. The van der Waals surface area contributed by atoms with Gasteiger partial charge >= 0.3 is 0 Å². The molecule has 0 unspecified atom stereocenters. The van der Waals surface area contributed by atoms with E-state index >= 15 is 0 Å². The second-order valence-corrected chi connectivity index (χ2v) is 5.99. The van der Waals surface area contributed by atoms with Crippen molar-refractivity contribution in [3.63, 3.8) is 0 Å². The first-order valence-corrected chi connectivity index (χ1v) is 8.35. The fourth-order valence-electron chi connectivity index (χ4n) is 2.14. The zero-order valence-electron chi connectivity index (χ0n) is 13.0. The number of para-hydroxylation sites is 1. The average Bonchev–Trinajstić information content (AvgIpc) is 2.97. The summed E-state index contributed by atoms with van der Waals surface area (Å²) in [5.41, 5.74) is 1.69. The molecule has 0 aliphatic heterocycles. The first-order valence-electron chi connectivity index (χ1n) is 7.13. The monoisotopic (exact) mass is 328 g/mol. The number of carbonyl (C=O) groups excluding carboxylic acids is 1. The number of aromatic nitrogens is 5. The summed E-state index contributed by atoms with van der Waals surface area (Å²) in [7, 11) is 0. The predicted octanol–water partition coefficient (Wildman–Crippen LogP) is 2.45. The number of hydrogen-bond donors (Lipinski definition) is 1. The van der Waals surface area contributed by atoms with Crippen molar-refractivity contribution in [1.82, 2.24) is 25.0 Å². The standard InChI is InChI=1S/C15H16N6OS/c1-9(2)17-13-10(8-16-15(18-13)23-3)14(22)21-12-7-5-4-6-11(12)19-20-21/h4-9H,1-3H3,(H,16,17,18). The number of fused-ring (bicyclic) bond motifs is 1. The van der Waals surface area contributed by atoms with Gasteiger partial charge < -0.3 is 5.32 Å². The maximum Gasteiger partial charge on any atom is 0.285 e. The van der Waals surface area contributed by atoms with Gasteiger partial charge in [0.2, 0.25) is 0 Å². The Morgan fingerprint density at radius 1 is 1.30 bits per heavy atom. The van der Waals surface area contributed by atoms with Gasteiger partial charge in [0.25, 0.3) is 5.91 Å². The topological polar surface area (TPSA) is 85.6 Å². The largest absolute Gasteiger partial charge is 0.367 e. The zero-order valence-corrected chi connectivity index (χ0v) is 13.8. The number of nitrogens with zero attached hydrogens (tertiary/aromatic N) is 5. The molecular formula is C15H16N6OS. The van der Waals surface area contributed by atoms with E-state index in [0.29, 0.717) is 27.6 Å². The van der Waals surface area contributed by atoms with Crippen molar-refractivity contribution < 1.29 is 4.79 Å². The van der Waals surface area contributed by atoms with Gasteiger partial charge in [-0.1, -0.05) is 29.1 Å². The van der Waals surface area contributed by atoms with Crippen molar-refractivity contribution in [3.05, 3.63) is 36.0 Å². The lowest BCUT2D eigenvalue weighted by atomic mass is 10.2. The Labute approximate surface area is 137 Å². The van der Waals surface area contributed by atoms with Crippen LogP contribution in [0.4, 0.5) is 5.82 Å². The summed E-state index contributed by atoms with van der Waals surface area (Å²) in [6.45, 7) is 3.97. The molecule has 0 saturated heterocycles. The van der Waals surface area contributed by atoms with Crippen molar-refractivity contribution in [2.75, 3.05) is 11.6 Å². The molecule has 8 heteroatoms. The fourth-order valence-corrected chi connectivity index (χ4v) is 2.48. The van der Waals surface area contributed by atoms with Gasteiger partial charge in [0.1, 0.15) is 16.9 Å². The van der Waals surface area contributed by atoms with Gasteiger partial charge in [0.15, 0.2) is 5.16 Å². The normalized spacial score (nSPS) is 11.1.